The Morgan fingerprint density at radius 1 is 1.08 bits per heavy atom. The molecule has 1 N–H and O–H groups in total. The van der Waals surface area contributed by atoms with Gasteiger partial charge in [-0.15, -0.1) is 0 Å². The zero-order valence-corrected chi connectivity index (χ0v) is 14.6. The second-order valence-electron chi connectivity index (χ2n) is 6.05. The molecule has 122 valence electrons. The molecule has 2 aromatic carbocycles. The van der Waals surface area contributed by atoms with Gasteiger partial charge in [-0.1, -0.05) is 29.3 Å². The van der Waals surface area contributed by atoms with Gasteiger partial charge in [-0.3, -0.25) is 4.79 Å². The summed E-state index contributed by atoms with van der Waals surface area (Å²) in [4.78, 5) is 17.3. The summed E-state index contributed by atoms with van der Waals surface area (Å²) in [6, 6.07) is 8.49. The van der Waals surface area contributed by atoms with Crippen molar-refractivity contribution in [3.63, 3.8) is 0 Å². The molecule has 0 amide bonds. The molecule has 6 heteroatoms. The van der Waals surface area contributed by atoms with Crippen LogP contribution in [0.15, 0.2) is 35.3 Å². The van der Waals surface area contributed by atoms with Crippen molar-refractivity contribution >= 4 is 46.3 Å². The monoisotopic (exact) mass is 360 g/mol. The minimum Gasteiger partial charge on any atom is -0.463 e. The number of anilines is 1. The summed E-state index contributed by atoms with van der Waals surface area (Å²) in [6.45, 7) is 4.06. The summed E-state index contributed by atoms with van der Waals surface area (Å²) >= 11 is 12.0. The molecule has 0 aliphatic carbocycles. The second kappa shape index (κ2) is 5.50. The first-order valence-corrected chi connectivity index (χ1v) is 8.31. The standard InChI is InChI=1S/C18H14Cl2N2O2/c1-8-5-13-14(6-9(8)2)22-18-15(21-13)16(23)17(24-18)10-3-4-11(19)12(20)7-10/h3-7,15,17,21H,1-2H3. The van der Waals surface area contributed by atoms with Gasteiger partial charge in [0.1, 0.15) is 0 Å². The van der Waals surface area contributed by atoms with E-state index in [9.17, 15) is 4.79 Å². The third-order valence-corrected chi connectivity index (χ3v) is 5.16. The van der Waals surface area contributed by atoms with Crippen molar-refractivity contribution in [2.75, 3.05) is 5.32 Å². The molecule has 2 aliphatic heterocycles. The molecule has 2 aliphatic rings. The Balaban J connectivity index is 1.71. The van der Waals surface area contributed by atoms with Crippen LogP contribution >= 0.6 is 23.2 Å². The number of nitrogens with zero attached hydrogens (tertiary/aromatic N) is 1. The fraction of sp³-hybridized carbons (Fsp3) is 0.222. The number of aryl methyl sites for hydroxylation is 2. The maximum absolute atomic E-state index is 12.8. The lowest BCUT2D eigenvalue weighted by Gasteiger charge is -2.20. The fourth-order valence-electron chi connectivity index (χ4n) is 2.93. The van der Waals surface area contributed by atoms with Gasteiger partial charge in [-0.05, 0) is 49.2 Å². The SMILES string of the molecule is Cc1cc2c(cc1C)NC1C(=O)C(c3ccc(Cl)c(Cl)c3)OC1=N2. The average Bonchev–Trinajstić information content (AvgIpc) is 2.86. The van der Waals surface area contributed by atoms with Crippen LogP contribution in [0.25, 0.3) is 0 Å². The minimum atomic E-state index is -0.729. The van der Waals surface area contributed by atoms with Crippen molar-refractivity contribution in [3.05, 3.63) is 57.1 Å². The predicted molar refractivity (Wildman–Crippen MR) is 95.7 cm³/mol. The van der Waals surface area contributed by atoms with Crippen LogP contribution in [-0.4, -0.2) is 17.7 Å². The third kappa shape index (κ3) is 2.38. The van der Waals surface area contributed by atoms with Gasteiger partial charge in [0.2, 0.25) is 11.7 Å². The Morgan fingerprint density at radius 3 is 2.58 bits per heavy atom. The van der Waals surface area contributed by atoms with Crippen LogP contribution in [0.5, 0.6) is 0 Å². The summed E-state index contributed by atoms with van der Waals surface area (Å²) in [6.07, 6.45) is -0.729. The fourth-order valence-corrected chi connectivity index (χ4v) is 3.24. The average molecular weight is 361 g/mol. The van der Waals surface area contributed by atoms with E-state index in [4.69, 9.17) is 27.9 Å². The van der Waals surface area contributed by atoms with Gasteiger partial charge >= 0.3 is 0 Å². The van der Waals surface area contributed by atoms with Gasteiger partial charge in [0.05, 0.1) is 21.4 Å². The number of nitrogens with one attached hydrogen (secondary N) is 1. The van der Waals surface area contributed by atoms with Crippen LogP contribution in [0.1, 0.15) is 22.8 Å². The molecule has 0 aromatic heterocycles. The maximum Gasteiger partial charge on any atom is 0.220 e. The van der Waals surface area contributed by atoms with Crippen LogP contribution in [0.2, 0.25) is 10.0 Å². The van der Waals surface area contributed by atoms with Crippen LogP contribution in [0.4, 0.5) is 11.4 Å². The number of hydrogen-bond donors (Lipinski definition) is 1. The molecule has 24 heavy (non-hydrogen) atoms. The first-order valence-electron chi connectivity index (χ1n) is 7.56. The quantitative estimate of drug-likeness (QED) is 0.796. The maximum atomic E-state index is 12.8. The number of ether oxygens (including phenoxy) is 1. The molecule has 0 spiro atoms. The lowest BCUT2D eigenvalue weighted by Crippen LogP contribution is -2.34. The highest BCUT2D eigenvalue weighted by atomic mass is 35.5. The van der Waals surface area contributed by atoms with Crippen molar-refractivity contribution < 1.29 is 9.53 Å². The summed E-state index contributed by atoms with van der Waals surface area (Å²) in [7, 11) is 0. The number of benzene rings is 2. The molecule has 0 bridgehead atoms. The summed E-state index contributed by atoms with van der Waals surface area (Å²) < 4.78 is 5.82. The number of carbonyl (C=O) groups excluding carboxylic acids is 1. The molecule has 2 aromatic rings. The first-order chi connectivity index (χ1) is 11.4. The van der Waals surface area contributed by atoms with Gasteiger partial charge in [0, 0.05) is 5.56 Å². The summed E-state index contributed by atoms with van der Waals surface area (Å²) in [5, 5.41) is 4.07. The van der Waals surface area contributed by atoms with Crippen LogP contribution in [-0.2, 0) is 9.53 Å². The van der Waals surface area contributed by atoms with Gasteiger partial charge in [0.25, 0.3) is 0 Å². The number of rotatable bonds is 1. The molecule has 0 saturated carbocycles. The molecular weight excluding hydrogens is 347 g/mol. The number of halogens is 2. The number of ketones is 1. The van der Waals surface area contributed by atoms with Crippen molar-refractivity contribution in [1.29, 1.82) is 0 Å². The molecule has 2 unspecified atom stereocenters. The molecule has 4 rings (SSSR count). The van der Waals surface area contributed by atoms with E-state index in [1.165, 1.54) is 0 Å². The predicted octanol–water partition coefficient (Wildman–Crippen LogP) is 4.77. The Labute approximate surface area is 149 Å². The lowest BCUT2D eigenvalue weighted by atomic mass is 10.0. The van der Waals surface area contributed by atoms with Gasteiger partial charge < -0.3 is 10.1 Å². The van der Waals surface area contributed by atoms with Gasteiger partial charge in [0.15, 0.2) is 12.1 Å². The van der Waals surface area contributed by atoms with Crippen molar-refractivity contribution in [3.8, 4) is 0 Å². The lowest BCUT2D eigenvalue weighted by molar-refractivity contribution is -0.122. The Hall–Kier alpha value is -2.04. The number of Topliss-reactive ketones (excluding diaryl/α,β-unsaturated/α-hetero) is 1. The summed E-state index contributed by atoms with van der Waals surface area (Å²) in [5.74, 6) is 0.308. The van der Waals surface area contributed by atoms with Crippen LogP contribution in [0.3, 0.4) is 0 Å². The van der Waals surface area contributed by atoms with E-state index in [0.717, 1.165) is 22.5 Å². The second-order valence-corrected chi connectivity index (χ2v) is 6.87. The largest absolute Gasteiger partial charge is 0.463 e. The molecule has 2 atom stereocenters. The van der Waals surface area contributed by atoms with E-state index in [1.54, 1.807) is 18.2 Å². The highest BCUT2D eigenvalue weighted by molar-refractivity contribution is 6.42. The van der Waals surface area contributed by atoms with E-state index in [1.807, 2.05) is 26.0 Å². The molecule has 2 heterocycles. The molecule has 4 nitrogen and oxygen atoms in total. The van der Waals surface area contributed by atoms with Gasteiger partial charge in [-0.2, -0.15) is 0 Å². The van der Waals surface area contributed by atoms with E-state index < -0.39 is 12.1 Å². The van der Waals surface area contributed by atoms with Crippen LogP contribution in [0, 0.1) is 13.8 Å². The zero-order valence-electron chi connectivity index (χ0n) is 13.1. The number of aliphatic imine (C=N–C) groups is 1. The topological polar surface area (TPSA) is 50.7 Å². The van der Waals surface area contributed by atoms with Crippen molar-refractivity contribution in [1.82, 2.24) is 0 Å². The summed E-state index contributed by atoms with van der Waals surface area (Å²) in [5.41, 5.74) is 4.59. The van der Waals surface area contributed by atoms with E-state index in [-0.39, 0.29) is 5.78 Å². The Kier molecular flexibility index (Phi) is 3.55. The number of fused-ring (bicyclic) bond motifs is 2. The molecule has 1 saturated heterocycles. The minimum absolute atomic E-state index is 0.0870. The smallest absolute Gasteiger partial charge is 0.220 e. The number of hydrogen-bond acceptors (Lipinski definition) is 4. The Bertz CT molecular complexity index is 908. The van der Waals surface area contributed by atoms with Crippen LogP contribution < -0.4 is 5.32 Å². The van der Waals surface area contributed by atoms with Crippen molar-refractivity contribution in [2.24, 2.45) is 4.99 Å². The van der Waals surface area contributed by atoms with E-state index >= 15 is 0 Å². The first kappa shape index (κ1) is 15.5. The Morgan fingerprint density at radius 2 is 1.83 bits per heavy atom. The molecule has 1 fully saturated rings. The molecule has 0 radical (unpaired) electrons. The van der Waals surface area contributed by atoms with Crippen molar-refractivity contribution in [2.45, 2.75) is 26.0 Å². The van der Waals surface area contributed by atoms with E-state index in [0.29, 0.717) is 21.5 Å². The normalized spacial score (nSPS) is 21.5. The van der Waals surface area contributed by atoms with E-state index in [2.05, 4.69) is 10.3 Å². The van der Waals surface area contributed by atoms with Gasteiger partial charge in [-0.25, -0.2) is 4.99 Å². The zero-order chi connectivity index (χ0) is 17.0. The molecular formula is C18H14Cl2N2O2. The highest BCUT2D eigenvalue weighted by Crippen LogP contribution is 2.39. The highest BCUT2D eigenvalue weighted by Gasteiger charge is 2.44. The third-order valence-electron chi connectivity index (χ3n) is 4.42. The number of carbonyl (C=O) groups is 1.